The van der Waals surface area contributed by atoms with Gasteiger partial charge < -0.3 is 35.1 Å². The fourth-order valence-electron chi connectivity index (χ4n) is 3.09. The molecule has 0 aliphatic carbocycles. The molecule has 0 saturated heterocycles. The van der Waals surface area contributed by atoms with E-state index in [-0.39, 0.29) is 13.2 Å². The number of benzene rings is 2. The molecule has 0 aliphatic rings. The SMILES string of the molecule is O=C(O)CC[C@H](NC(=O)OCc1ccccc1)C(=O)OC(=O)[C@H](CCC(=O)O)NC(=O)OCc1ccccc1. The van der Waals surface area contributed by atoms with Gasteiger partial charge in [0, 0.05) is 12.8 Å². The topological polar surface area (TPSA) is 195 Å². The number of nitrogens with one attached hydrogen (secondary N) is 2. The van der Waals surface area contributed by atoms with E-state index in [1.165, 1.54) is 0 Å². The minimum absolute atomic E-state index is 0.140. The fourth-order valence-corrected chi connectivity index (χ4v) is 3.09. The highest BCUT2D eigenvalue weighted by Crippen LogP contribution is 2.08. The maximum atomic E-state index is 12.6. The van der Waals surface area contributed by atoms with Crippen LogP contribution in [0.4, 0.5) is 9.59 Å². The number of rotatable bonds is 14. The van der Waals surface area contributed by atoms with Crippen molar-refractivity contribution in [2.24, 2.45) is 0 Å². The first-order chi connectivity index (χ1) is 18.6. The van der Waals surface area contributed by atoms with Gasteiger partial charge in [0.2, 0.25) is 0 Å². The van der Waals surface area contributed by atoms with Crippen LogP contribution in [0.2, 0.25) is 0 Å². The van der Waals surface area contributed by atoms with Crippen molar-refractivity contribution in [2.75, 3.05) is 0 Å². The molecule has 2 aromatic carbocycles. The van der Waals surface area contributed by atoms with E-state index < -0.39 is 73.8 Å². The van der Waals surface area contributed by atoms with Crippen LogP contribution in [-0.2, 0) is 46.6 Å². The molecule has 13 nitrogen and oxygen atoms in total. The molecule has 0 aliphatic heterocycles. The van der Waals surface area contributed by atoms with Gasteiger partial charge in [-0.25, -0.2) is 19.2 Å². The van der Waals surface area contributed by atoms with Gasteiger partial charge in [-0.15, -0.1) is 0 Å². The van der Waals surface area contributed by atoms with Crippen LogP contribution in [-0.4, -0.2) is 58.4 Å². The molecule has 2 aromatic rings. The van der Waals surface area contributed by atoms with Crippen molar-refractivity contribution in [3.05, 3.63) is 71.8 Å². The molecule has 2 amide bonds. The maximum Gasteiger partial charge on any atom is 0.408 e. The number of carboxylic acids is 2. The summed E-state index contributed by atoms with van der Waals surface area (Å²) in [6.07, 6.45) is -4.12. The Kier molecular flexibility index (Phi) is 12.4. The number of aliphatic carboxylic acids is 2. The summed E-state index contributed by atoms with van der Waals surface area (Å²) in [5, 5.41) is 22.3. The molecule has 2 atom stereocenters. The highest BCUT2D eigenvalue weighted by atomic mass is 16.6. The van der Waals surface area contributed by atoms with Gasteiger partial charge in [0.15, 0.2) is 0 Å². The first-order valence-corrected chi connectivity index (χ1v) is 11.8. The van der Waals surface area contributed by atoms with E-state index in [4.69, 9.17) is 24.4 Å². The highest BCUT2D eigenvalue weighted by Gasteiger charge is 2.31. The number of carbonyl (C=O) groups excluding carboxylic acids is 4. The van der Waals surface area contributed by atoms with E-state index in [0.29, 0.717) is 11.1 Å². The molecule has 0 saturated carbocycles. The smallest absolute Gasteiger partial charge is 0.408 e. The predicted molar refractivity (Wildman–Crippen MR) is 132 cm³/mol. The molecule has 0 fully saturated rings. The lowest BCUT2D eigenvalue weighted by molar-refractivity contribution is -0.162. The summed E-state index contributed by atoms with van der Waals surface area (Å²) in [5.74, 6) is -5.20. The van der Waals surface area contributed by atoms with Crippen LogP contribution in [0.3, 0.4) is 0 Å². The average molecular weight is 545 g/mol. The molecular weight excluding hydrogens is 516 g/mol. The van der Waals surface area contributed by atoms with Crippen molar-refractivity contribution >= 4 is 36.1 Å². The van der Waals surface area contributed by atoms with E-state index in [9.17, 15) is 28.8 Å². The summed E-state index contributed by atoms with van der Waals surface area (Å²) in [7, 11) is 0. The quantitative estimate of drug-likeness (QED) is 0.155. The number of carbonyl (C=O) groups is 6. The normalized spacial score (nSPS) is 11.8. The van der Waals surface area contributed by atoms with Gasteiger partial charge in [0.1, 0.15) is 25.3 Å². The lowest BCUT2D eigenvalue weighted by Crippen LogP contribution is -2.47. The molecule has 39 heavy (non-hydrogen) atoms. The largest absolute Gasteiger partial charge is 0.481 e. The number of carboxylic acid groups (broad SMARTS) is 2. The van der Waals surface area contributed by atoms with Gasteiger partial charge in [-0.05, 0) is 24.0 Å². The van der Waals surface area contributed by atoms with E-state index in [2.05, 4.69) is 10.6 Å². The zero-order valence-corrected chi connectivity index (χ0v) is 20.7. The molecule has 0 aromatic heterocycles. The molecule has 2 rings (SSSR count). The molecule has 0 bridgehead atoms. The van der Waals surface area contributed by atoms with Crippen molar-refractivity contribution in [3.8, 4) is 0 Å². The number of alkyl carbamates (subject to hydrolysis) is 2. The van der Waals surface area contributed by atoms with Crippen molar-refractivity contribution < 1.29 is 53.2 Å². The third-order valence-corrected chi connectivity index (χ3v) is 5.07. The minimum atomic E-state index is -1.58. The van der Waals surface area contributed by atoms with Crippen LogP contribution in [0, 0.1) is 0 Å². The van der Waals surface area contributed by atoms with Gasteiger partial charge in [-0.2, -0.15) is 0 Å². The third kappa shape index (κ3) is 12.2. The maximum absolute atomic E-state index is 12.6. The number of ether oxygens (including phenoxy) is 3. The van der Waals surface area contributed by atoms with Gasteiger partial charge in [-0.1, -0.05) is 60.7 Å². The van der Waals surface area contributed by atoms with Crippen molar-refractivity contribution in [1.82, 2.24) is 10.6 Å². The monoisotopic (exact) mass is 544 g/mol. The molecule has 0 heterocycles. The Labute approximate surface area is 223 Å². The first kappa shape index (κ1) is 30.3. The first-order valence-electron chi connectivity index (χ1n) is 11.8. The van der Waals surface area contributed by atoms with Crippen molar-refractivity contribution in [1.29, 1.82) is 0 Å². The Hall–Kier alpha value is -4.94. The highest BCUT2D eigenvalue weighted by molar-refractivity contribution is 5.93. The van der Waals surface area contributed by atoms with Crippen LogP contribution >= 0.6 is 0 Å². The molecule has 0 radical (unpaired) electrons. The zero-order valence-electron chi connectivity index (χ0n) is 20.7. The van der Waals surface area contributed by atoms with Gasteiger partial charge in [0.05, 0.1) is 0 Å². The Bertz CT molecular complexity index is 1050. The molecule has 0 unspecified atom stereocenters. The average Bonchev–Trinajstić information content (AvgIpc) is 2.91. The van der Waals surface area contributed by atoms with Crippen molar-refractivity contribution in [2.45, 2.75) is 51.0 Å². The second-order valence-electron chi connectivity index (χ2n) is 8.12. The Balaban J connectivity index is 2.00. The Morgan fingerprint density at radius 3 is 1.31 bits per heavy atom. The Morgan fingerprint density at radius 1 is 0.615 bits per heavy atom. The van der Waals surface area contributed by atoms with Crippen molar-refractivity contribution in [3.63, 3.8) is 0 Å². The molecule has 13 heteroatoms. The summed E-state index contributed by atoms with van der Waals surface area (Å²) in [6.45, 7) is -0.281. The van der Waals surface area contributed by atoms with Crippen LogP contribution < -0.4 is 10.6 Å². The number of hydrogen-bond acceptors (Lipinski definition) is 9. The second-order valence-corrected chi connectivity index (χ2v) is 8.12. The fraction of sp³-hybridized carbons (Fsp3) is 0.308. The molecular formula is C26H28N2O11. The summed E-state index contributed by atoms with van der Waals surface area (Å²) >= 11 is 0. The Morgan fingerprint density at radius 2 is 0.974 bits per heavy atom. The zero-order chi connectivity index (χ0) is 28.6. The van der Waals surface area contributed by atoms with E-state index in [1.54, 1.807) is 60.7 Å². The predicted octanol–water partition coefficient (Wildman–Crippen LogP) is 2.38. The standard InChI is InChI=1S/C26H28N2O11/c29-21(30)13-11-19(27-25(35)37-15-17-7-3-1-4-8-17)23(33)39-24(34)20(12-14-22(31)32)28-26(36)38-16-18-9-5-2-6-10-18/h1-10,19-20H,11-16H2,(H,27,35)(H,28,36)(H,29,30)(H,31,32)/t19-,20-/m0/s1. The van der Waals surface area contributed by atoms with E-state index in [1.807, 2.05) is 0 Å². The summed E-state index contributed by atoms with van der Waals surface area (Å²) in [6, 6.07) is 14.0. The van der Waals surface area contributed by atoms with Crippen LogP contribution in [0.15, 0.2) is 60.7 Å². The molecule has 0 spiro atoms. The summed E-state index contributed by atoms with van der Waals surface area (Å²) < 4.78 is 14.8. The second kappa shape index (κ2) is 16.0. The van der Waals surface area contributed by atoms with Crippen LogP contribution in [0.5, 0.6) is 0 Å². The van der Waals surface area contributed by atoms with Gasteiger partial charge in [-0.3, -0.25) is 9.59 Å². The lowest BCUT2D eigenvalue weighted by atomic mass is 10.1. The summed E-state index contributed by atoms with van der Waals surface area (Å²) in [5.41, 5.74) is 1.30. The van der Waals surface area contributed by atoms with Gasteiger partial charge >= 0.3 is 36.1 Å². The summed E-state index contributed by atoms with van der Waals surface area (Å²) in [4.78, 5) is 71.7. The minimum Gasteiger partial charge on any atom is -0.481 e. The number of amides is 2. The number of hydrogen-bond donors (Lipinski definition) is 4. The van der Waals surface area contributed by atoms with Crippen LogP contribution in [0.1, 0.15) is 36.8 Å². The lowest BCUT2D eigenvalue weighted by Gasteiger charge is -2.19. The third-order valence-electron chi connectivity index (χ3n) is 5.07. The van der Waals surface area contributed by atoms with E-state index >= 15 is 0 Å². The molecule has 4 N–H and O–H groups in total. The van der Waals surface area contributed by atoms with E-state index in [0.717, 1.165) is 0 Å². The van der Waals surface area contributed by atoms with Gasteiger partial charge in [0.25, 0.3) is 0 Å². The molecule has 208 valence electrons. The number of esters is 2. The van der Waals surface area contributed by atoms with Crippen LogP contribution in [0.25, 0.3) is 0 Å².